The number of hydrogen-bond donors (Lipinski definition) is 0. The summed E-state index contributed by atoms with van der Waals surface area (Å²) in [6, 6.07) is 6.14. The molecule has 8 heteroatoms. The first-order chi connectivity index (χ1) is 15.5. The Kier molecular flexibility index (Phi) is 13.2. The summed E-state index contributed by atoms with van der Waals surface area (Å²) in [5, 5.41) is 0. The molecule has 0 aliphatic heterocycles. The van der Waals surface area contributed by atoms with Crippen LogP contribution in [0.4, 0.5) is 0 Å². The van der Waals surface area contributed by atoms with Crippen LogP contribution in [0.1, 0.15) is 46.4 Å². The van der Waals surface area contributed by atoms with E-state index < -0.39 is 24.5 Å². The Bertz CT molecular complexity index is 679. The molecule has 0 saturated carbocycles. The van der Waals surface area contributed by atoms with E-state index in [-0.39, 0.29) is 24.3 Å². The van der Waals surface area contributed by atoms with Crippen molar-refractivity contribution in [3.63, 3.8) is 0 Å². The number of ether oxygens (including phenoxy) is 6. The molecule has 8 nitrogen and oxygen atoms in total. The molecule has 0 aliphatic rings. The first-order valence-corrected chi connectivity index (χ1v) is 10.1. The van der Waals surface area contributed by atoms with Crippen LogP contribution in [0.15, 0.2) is 75.6 Å². The summed E-state index contributed by atoms with van der Waals surface area (Å²) in [4.78, 5) is 24.5. The highest BCUT2D eigenvalue weighted by Gasteiger charge is 2.14. The predicted octanol–water partition coefficient (Wildman–Crippen LogP) is 4.85. The van der Waals surface area contributed by atoms with Crippen molar-refractivity contribution in [3.8, 4) is 0 Å². The van der Waals surface area contributed by atoms with E-state index in [9.17, 15) is 9.59 Å². The van der Waals surface area contributed by atoms with E-state index in [1.54, 1.807) is 18.2 Å². The van der Waals surface area contributed by atoms with Crippen molar-refractivity contribution in [1.29, 1.82) is 0 Å². The second-order valence-corrected chi connectivity index (χ2v) is 6.21. The maximum Gasteiger partial charge on any atom is 0.338 e. The van der Waals surface area contributed by atoms with Crippen molar-refractivity contribution in [2.75, 3.05) is 13.2 Å². The van der Waals surface area contributed by atoms with Gasteiger partial charge in [0.2, 0.25) is 12.6 Å². The maximum absolute atomic E-state index is 12.3. The molecule has 0 radical (unpaired) electrons. The van der Waals surface area contributed by atoms with Crippen LogP contribution in [0.5, 0.6) is 0 Å². The first kappa shape index (κ1) is 26.4. The summed E-state index contributed by atoms with van der Waals surface area (Å²) in [5.74, 6) is -1.09. The van der Waals surface area contributed by atoms with Crippen LogP contribution in [0.3, 0.4) is 0 Å². The largest absolute Gasteiger partial charge is 0.463 e. The Hall–Kier alpha value is -3.68. The molecule has 0 bridgehead atoms. The Labute approximate surface area is 188 Å². The zero-order valence-corrected chi connectivity index (χ0v) is 18.1. The van der Waals surface area contributed by atoms with Gasteiger partial charge in [-0.3, -0.25) is 0 Å². The zero-order chi connectivity index (χ0) is 23.6. The van der Waals surface area contributed by atoms with Gasteiger partial charge in [0.1, 0.15) is 0 Å². The lowest BCUT2D eigenvalue weighted by molar-refractivity contribution is -0.0686. The lowest BCUT2D eigenvalue weighted by Crippen LogP contribution is -2.15. The van der Waals surface area contributed by atoms with Crippen LogP contribution in [0, 0.1) is 0 Å². The Balaban J connectivity index is 2.45. The van der Waals surface area contributed by atoms with Gasteiger partial charge >= 0.3 is 11.9 Å². The van der Waals surface area contributed by atoms with Gasteiger partial charge < -0.3 is 28.4 Å². The van der Waals surface area contributed by atoms with Gasteiger partial charge in [0.15, 0.2) is 0 Å². The topological polar surface area (TPSA) is 89.5 Å². The van der Waals surface area contributed by atoms with E-state index in [0.29, 0.717) is 25.7 Å². The van der Waals surface area contributed by atoms with Crippen LogP contribution < -0.4 is 0 Å². The summed E-state index contributed by atoms with van der Waals surface area (Å²) in [6.45, 7) is 14.2. The molecule has 0 atom stereocenters. The van der Waals surface area contributed by atoms with E-state index in [0.717, 1.165) is 0 Å². The molecule has 32 heavy (non-hydrogen) atoms. The van der Waals surface area contributed by atoms with Gasteiger partial charge in [-0.15, -0.1) is 0 Å². The van der Waals surface area contributed by atoms with Crippen molar-refractivity contribution >= 4 is 11.9 Å². The highest BCUT2D eigenvalue weighted by molar-refractivity contribution is 5.95. The van der Waals surface area contributed by atoms with Gasteiger partial charge in [-0.1, -0.05) is 32.4 Å². The number of carbonyl (C=O) groups is 2. The Morgan fingerprint density at radius 1 is 0.719 bits per heavy atom. The quantitative estimate of drug-likeness (QED) is 0.137. The van der Waals surface area contributed by atoms with E-state index in [1.807, 2.05) is 0 Å². The third kappa shape index (κ3) is 10.4. The predicted molar refractivity (Wildman–Crippen MR) is 118 cm³/mol. The molecule has 0 heterocycles. The second-order valence-electron chi connectivity index (χ2n) is 6.21. The third-order valence-electron chi connectivity index (χ3n) is 3.96. The highest BCUT2D eigenvalue weighted by Crippen LogP contribution is 2.11. The van der Waals surface area contributed by atoms with Crippen LogP contribution in [-0.4, -0.2) is 37.7 Å². The minimum atomic E-state index is -0.545. The molecule has 174 valence electrons. The molecule has 1 aromatic rings. The van der Waals surface area contributed by atoms with E-state index in [2.05, 4.69) is 26.3 Å². The molecule has 1 aromatic carbocycles. The molecule has 0 spiro atoms. The van der Waals surface area contributed by atoms with Gasteiger partial charge in [0.25, 0.3) is 0 Å². The van der Waals surface area contributed by atoms with Crippen LogP contribution in [0.25, 0.3) is 0 Å². The normalized spacial score (nSPS) is 10.1. The molecule has 1 rings (SSSR count). The molecule has 0 amide bonds. The fourth-order valence-electron chi connectivity index (χ4n) is 2.54. The number of hydrogen-bond acceptors (Lipinski definition) is 8. The summed E-state index contributed by atoms with van der Waals surface area (Å²) < 4.78 is 31.1. The summed E-state index contributed by atoms with van der Waals surface area (Å²) in [6.07, 6.45) is 5.98. The molecule has 0 aromatic heterocycles. The van der Waals surface area contributed by atoms with E-state index >= 15 is 0 Å². The van der Waals surface area contributed by atoms with Crippen LogP contribution >= 0.6 is 0 Å². The Morgan fingerprint density at radius 2 is 1.09 bits per heavy atom. The van der Waals surface area contributed by atoms with Gasteiger partial charge in [-0.25, -0.2) is 9.59 Å². The van der Waals surface area contributed by atoms with Crippen LogP contribution in [0.2, 0.25) is 0 Å². The number of benzene rings is 1. The lowest BCUT2D eigenvalue weighted by Gasteiger charge is -2.15. The zero-order valence-electron chi connectivity index (χ0n) is 18.1. The van der Waals surface area contributed by atoms with Gasteiger partial charge in [0.05, 0.1) is 49.4 Å². The van der Waals surface area contributed by atoms with E-state index in [1.165, 1.54) is 31.1 Å². The molecule has 0 saturated heterocycles. The molecule has 0 unspecified atom stereocenters. The molecule has 0 N–H and O–H groups in total. The minimum Gasteiger partial charge on any atom is -0.463 e. The van der Waals surface area contributed by atoms with Crippen molar-refractivity contribution in [1.82, 2.24) is 0 Å². The lowest BCUT2D eigenvalue weighted by atomic mass is 10.1. The SMILES string of the molecule is C=COC(CCCOC(=O)c1cccc(C(=O)OCCCC(OC=C)OC=C)c1)OC=C. The average molecular weight is 446 g/mol. The van der Waals surface area contributed by atoms with Gasteiger partial charge in [0, 0.05) is 12.8 Å². The summed E-state index contributed by atoms with van der Waals surface area (Å²) in [5.41, 5.74) is 0.499. The Morgan fingerprint density at radius 3 is 1.44 bits per heavy atom. The molecular weight excluding hydrogens is 416 g/mol. The fourth-order valence-corrected chi connectivity index (χ4v) is 2.54. The number of rotatable bonds is 18. The van der Waals surface area contributed by atoms with Crippen molar-refractivity contribution in [3.05, 3.63) is 86.8 Å². The van der Waals surface area contributed by atoms with Crippen molar-refractivity contribution in [2.45, 2.75) is 38.3 Å². The highest BCUT2D eigenvalue weighted by atomic mass is 16.7. The van der Waals surface area contributed by atoms with Crippen molar-refractivity contribution < 1.29 is 38.0 Å². The smallest absolute Gasteiger partial charge is 0.338 e. The number of esters is 2. The molecule has 0 aliphatic carbocycles. The van der Waals surface area contributed by atoms with E-state index in [4.69, 9.17) is 28.4 Å². The monoisotopic (exact) mass is 446 g/mol. The van der Waals surface area contributed by atoms with Gasteiger partial charge in [-0.05, 0) is 31.0 Å². The van der Waals surface area contributed by atoms with Gasteiger partial charge in [-0.2, -0.15) is 0 Å². The summed E-state index contributed by atoms with van der Waals surface area (Å²) in [7, 11) is 0. The first-order valence-electron chi connectivity index (χ1n) is 10.1. The van der Waals surface area contributed by atoms with Crippen molar-refractivity contribution in [2.24, 2.45) is 0 Å². The fraction of sp³-hybridized carbons (Fsp3) is 0.333. The molecular formula is C24H30O8. The average Bonchev–Trinajstić information content (AvgIpc) is 2.79. The molecule has 0 fully saturated rings. The van der Waals surface area contributed by atoms with Crippen LogP contribution in [-0.2, 0) is 28.4 Å². The maximum atomic E-state index is 12.3. The number of carbonyl (C=O) groups excluding carboxylic acids is 2. The standard InChI is InChI=1S/C24H30O8/c1-5-27-21(28-6-2)14-10-16-31-23(25)19-12-9-13-20(18-19)24(26)32-17-11-15-22(29-7-3)30-8-4/h5-9,12-13,18,21-22H,1-4,10-11,14-17H2. The minimum absolute atomic E-state index is 0.158. The summed E-state index contributed by atoms with van der Waals surface area (Å²) >= 11 is 0. The third-order valence-corrected chi connectivity index (χ3v) is 3.96. The second kappa shape index (κ2) is 16.1.